The van der Waals surface area contributed by atoms with Crippen molar-refractivity contribution in [3.8, 4) is 0 Å². The van der Waals surface area contributed by atoms with Crippen LogP contribution in [-0.4, -0.2) is 62.2 Å². The summed E-state index contributed by atoms with van der Waals surface area (Å²) >= 11 is 0. The second-order valence-corrected chi connectivity index (χ2v) is 6.69. The van der Waals surface area contributed by atoms with Crippen molar-refractivity contribution in [3.63, 3.8) is 0 Å². The highest BCUT2D eigenvalue weighted by Gasteiger charge is 2.36. The summed E-state index contributed by atoms with van der Waals surface area (Å²) in [6.07, 6.45) is 4.05. The van der Waals surface area contributed by atoms with Gasteiger partial charge in [0.2, 0.25) is 0 Å². The second-order valence-electron chi connectivity index (χ2n) is 6.69. The smallest absolute Gasteiger partial charge is 0.0220 e. The molecule has 100 valence electrons. The first kappa shape index (κ1) is 13.3. The molecule has 3 heteroatoms. The SMILES string of the molecule is CN1CCCC1CN(C)C1CCNCC1(C)C. The summed E-state index contributed by atoms with van der Waals surface area (Å²) in [5, 5.41) is 3.53. The van der Waals surface area contributed by atoms with E-state index in [2.05, 4.69) is 43.1 Å². The van der Waals surface area contributed by atoms with Gasteiger partial charge >= 0.3 is 0 Å². The quantitative estimate of drug-likeness (QED) is 0.803. The molecule has 2 aliphatic heterocycles. The second kappa shape index (κ2) is 5.25. The Morgan fingerprint density at radius 1 is 1.35 bits per heavy atom. The summed E-state index contributed by atoms with van der Waals surface area (Å²) in [5.74, 6) is 0. The fraction of sp³-hybridized carbons (Fsp3) is 1.00. The highest BCUT2D eigenvalue weighted by molar-refractivity contribution is 4.92. The first-order valence-corrected chi connectivity index (χ1v) is 7.12. The number of rotatable bonds is 3. The van der Waals surface area contributed by atoms with Crippen molar-refractivity contribution in [2.45, 2.75) is 45.2 Å². The lowest BCUT2D eigenvalue weighted by Crippen LogP contribution is -2.55. The number of likely N-dealkylation sites (tertiary alicyclic amines) is 1. The first-order chi connectivity index (χ1) is 8.00. The molecule has 0 radical (unpaired) electrons. The average Bonchev–Trinajstić information content (AvgIpc) is 2.63. The molecule has 0 bridgehead atoms. The third-order valence-corrected chi connectivity index (χ3v) is 4.78. The molecule has 0 amide bonds. The minimum absolute atomic E-state index is 0.407. The van der Waals surface area contributed by atoms with Crippen LogP contribution in [-0.2, 0) is 0 Å². The Kier molecular flexibility index (Phi) is 4.11. The fourth-order valence-corrected chi connectivity index (χ4v) is 3.64. The van der Waals surface area contributed by atoms with Gasteiger partial charge in [-0.05, 0) is 51.9 Å². The summed E-state index contributed by atoms with van der Waals surface area (Å²) in [4.78, 5) is 5.15. The Labute approximate surface area is 107 Å². The van der Waals surface area contributed by atoms with Crippen LogP contribution in [0.5, 0.6) is 0 Å². The maximum atomic E-state index is 3.53. The van der Waals surface area contributed by atoms with E-state index in [4.69, 9.17) is 0 Å². The van der Waals surface area contributed by atoms with Crippen molar-refractivity contribution in [3.05, 3.63) is 0 Å². The van der Waals surface area contributed by atoms with Crippen LogP contribution in [0.15, 0.2) is 0 Å². The van der Waals surface area contributed by atoms with Gasteiger partial charge in [0.05, 0.1) is 0 Å². The van der Waals surface area contributed by atoms with Gasteiger partial charge in [-0.1, -0.05) is 13.8 Å². The maximum Gasteiger partial charge on any atom is 0.0220 e. The highest BCUT2D eigenvalue weighted by atomic mass is 15.2. The van der Waals surface area contributed by atoms with Gasteiger partial charge in [0.25, 0.3) is 0 Å². The Balaban J connectivity index is 1.92. The number of hydrogen-bond donors (Lipinski definition) is 1. The molecule has 1 N–H and O–H groups in total. The molecule has 2 atom stereocenters. The predicted molar refractivity (Wildman–Crippen MR) is 73.3 cm³/mol. The molecule has 0 aliphatic carbocycles. The molecule has 0 saturated carbocycles. The lowest BCUT2D eigenvalue weighted by atomic mass is 9.79. The average molecular weight is 239 g/mol. The van der Waals surface area contributed by atoms with E-state index in [9.17, 15) is 0 Å². The van der Waals surface area contributed by atoms with E-state index in [0.29, 0.717) is 5.41 Å². The number of nitrogens with zero attached hydrogens (tertiary/aromatic N) is 2. The van der Waals surface area contributed by atoms with Gasteiger partial charge in [-0.3, -0.25) is 0 Å². The summed E-state index contributed by atoms with van der Waals surface area (Å²) in [5.41, 5.74) is 0.407. The van der Waals surface area contributed by atoms with Gasteiger partial charge in [0.15, 0.2) is 0 Å². The van der Waals surface area contributed by atoms with Crippen LogP contribution in [0.25, 0.3) is 0 Å². The lowest BCUT2D eigenvalue weighted by molar-refractivity contribution is 0.0634. The van der Waals surface area contributed by atoms with Crippen molar-refractivity contribution in [2.75, 3.05) is 40.3 Å². The minimum Gasteiger partial charge on any atom is -0.316 e. The summed E-state index contributed by atoms with van der Waals surface area (Å²) < 4.78 is 0. The number of hydrogen-bond acceptors (Lipinski definition) is 3. The van der Waals surface area contributed by atoms with Crippen molar-refractivity contribution >= 4 is 0 Å². The van der Waals surface area contributed by atoms with Gasteiger partial charge < -0.3 is 15.1 Å². The number of likely N-dealkylation sites (N-methyl/N-ethyl adjacent to an activating group) is 2. The molecule has 2 aliphatic rings. The van der Waals surface area contributed by atoms with Crippen molar-refractivity contribution < 1.29 is 0 Å². The molecule has 0 aromatic rings. The Morgan fingerprint density at radius 2 is 2.12 bits per heavy atom. The Hall–Kier alpha value is -0.120. The van der Waals surface area contributed by atoms with Crippen molar-refractivity contribution in [1.82, 2.24) is 15.1 Å². The minimum atomic E-state index is 0.407. The molecule has 0 aromatic carbocycles. The van der Waals surface area contributed by atoms with Gasteiger partial charge in [-0.15, -0.1) is 0 Å². The van der Waals surface area contributed by atoms with E-state index in [1.54, 1.807) is 0 Å². The van der Waals surface area contributed by atoms with E-state index >= 15 is 0 Å². The van der Waals surface area contributed by atoms with Crippen LogP contribution in [0.3, 0.4) is 0 Å². The third-order valence-electron chi connectivity index (χ3n) is 4.78. The molecule has 2 fully saturated rings. The largest absolute Gasteiger partial charge is 0.316 e. The number of nitrogens with one attached hydrogen (secondary N) is 1. The van der Waals surface area contributed by atoms with Crippen LogP contribution in [0, 0.1) is 5.41 Å². The van der Waals surface area contributed by atoms with Gasteiger partial charge in [0.1, 0.15) is 0 Å². The molecule has 0 spiro atoms. The molecule has 17 heavy (non-hydrogen) atoms. The summed E-state index contributed by atoms with van der Waals surface area (Å²) in [6.45, 7) is 9.66. The molecule has 2 rings (SSSR count). The predicted octanol–water partition coefficient (Wildman–Crippen LogP) is 1.40. The zero-order valence-corrected chi connectivity index (χ0v) is 12.0. The van der Waals surface area contributed by atoms with Gasteiger partial charge in [0, 0.05) is 25.2 Å². The summed E-state index contributed by atoms with van der Waals surface area (Å²) in [7, 11) is 4.60. The van der Waals surface area contributed by atoms with Crippen molar-refractivity contribution in [2.24, 2.45) is 5.41 Å². The molecular formula is C14H29N3. The lowest BCUT2D eigenvalue weighted by Gasteiger charge is -2.45. The van der Waals surface area contributed by atoms with Crippen LogP contribution >= 0.6 is 0 Å². The molecule has 3 nitrogen and oxygen atoms in total. The zero-order valence-electron chi connectivity index (χ0n) is 12.0. The van der Waals surface area contributed by atoms with Crippen LogP contribution < -0.4 is 5.32 Å². The van der Waals surface area contributed by atoms with Crippen LogP contribution in [0.4, 0.5) is 0 Å². The molecule has 2 heterocycles. The maximum absolute atomic E-state index is 3.53. The van der Waals surface area contributed by atoms with Crippen LogP contribution in [0.1, 0.15) is 33.1 Å². The molecule has 2 saturated heterocycles. The van der Waals surface area contributed by atoms with E-state index in [1.165, 1.54) is 38.9 Å². The first-order valence-electron chi connectivity index (χ1n) is 7.12. The fourth-order valence-electron chi connectivity index (χ4n) is 3.64. The highest BCUT2D eigenvalue weighted by Crippen LogP contribution is 2.30. The van der Waals surface area contributed by atoms with Crippen molar-refractivity contribution in [1.29, 1.82) is 0 Å². The van der Waals surface area contributed by atoms with Gasteiger partial charge in [-0.2, -0.15) is 0 Å². The topological polar surface area (TPSA) is 18.5 Å². The van der Waals surface area contributed by atoms with E-state index in [0.717, 1.165) is 18.6 Å². The monoisotopic (exact) mass is 239 g/mol. The van der Waals surface area contributed by atoms with E-state index < -0.39 is 0 Å². The molecule has 2 unspecified atom stereocenters. The third kappa shape index (κ3) is 3.01. The Bertz CT molecular complexity index is 252. The standard InChI is InChI=1S/C14H29N3/c1-14(2)11-15-8-7-13(14)17(4)10-12-6-5-9-16(12)3/h12-13,15H,5-11H2,1-4H3. The van der Waals surface area contributed by atoms with Gasteiger partial charge in [-0.25, -0.2) is 0 Å². The normalized spacial score (nSPS) is 34.4. The summed E-state index contributed by atoms with van der Waals surface area (Å²) in [6, 6.07) is 1.52. The molecule has 0 aromatic heterocycles. The van der Waals surface area contributed by atoms with Crippen LogP contribution in [0.2, 0.25) is 0 Å². The Morgan fingerprint density at radius 3 is 2.71 bits per heavy atom. The van der Waals surface area contributed by atoms with E-state index in [1.807, 2.05) is 0 Å². The van der Waals surface area contributed by atoms with E-state index in [-0.39, 0.29) is 0 Å². The zero-order chi connectivity index (χ0) is 12.5. The molecular weight excluding hydrogens is 210 g/mol. The number of piperidine rings is 1.